The molecule has 0 aromatic heterocycles. The van der Waals surface area contributed by atoms with Gasteiger partial charge >= 0.3 is 0 Å². The van der Waals surface area contributed by atoms with Gasteiger partial charge in [-0.25, -0.2) is 0 Å². The number of hydrogen-bond donors (Lipinski definition) is 1. The van der Waals surface area contributed by atoms with Crippen molar-refractivity contribution in [3.8, 4) is 0 Å². The largest absolute Gasteiger partial charge is 0.375 e. The van der Waals surface area contributed by atoms with Crippen LogP contribution in [0, 0.1) is 0 Å². The number of piperidine rings is 1. The SMILES string of the molecule is COCC(=O)NCCN1CCCCC1. The highest BCUT2D eigenvalue weighted by molar-refractivity contribution is 5.77. The number of carbonyl (C=O) groups excluding carboxylic acids is 1. The summed E-state index contributed by atoms with van der Waals surface area (Å²) in [5.41, 5.74) is 0. The maximum absolute atomic E-state index is 11.0. The number of rotatable bonds is 5. The monoisotopic (exact) mass is 200 g/mol. The Kier molecular flexibility index (Phi) is 5.56. The van der Waals surface area contributed by atoms with Crippen molar-refractivity contribution >= 4 is 5.91 Å². The summed E-state index contributed by atoms with van der Waals surface area (Å²) in [5.74, 6) is -0.0236. The summed E-state index contributed by atoms with van der Waals surface area (Å²) in [4.78, 5) is 13.4. The summed E-state index contributed by atoms with van der Waals surface area (Å²) < 4.78 is 4.72. The zero-order valence-electron chi connectivity index (χ0n) is 8.92. The molecular weight excluding hydrogens is 180 g/mol. The summed E-state index contributed by atoms with van der Waals surface area (Å²) in [6.45, 7) is 4.23. The Morgan fingerprint density at radius 2 is 2.07 bits per heavy atom. The van der Waals surface area contributed by atoms with Crippen LogP contribution in [0.3, 0.4) is 0 Å². The van der Waals surface area contributed by atoms with E-state index in [1.165, 1.54) is 39.5 Å². The molecule has 1 aliphatic rings. The van der Waals surface area contributed by atoms with Crippen molar-refractivity contribution in [1.82, 2.24) is 10.2 Å². The van der Waals surface area contributed by atoms with Crippen LogP contribution >= 0.6 is 0 Å². The molecule has 1 rings (SSSR count). The molecule has 0 unspecified atom stereocenters. The van der Waals surface area contributed by atoms with Crippen molar-refractivity contribution in [1.29, 1.82) is 0 Å². The third kappa shape index (κ3) is 4.58. The van der Waals surface area contributed by atoms with Gasteiger partial charge in [0.2, 0.25) is 5.91 Å². The predicted molar refractivity (Wildman–Crippen MR) is 55.2 cm³/mol. The molecule has 0 bridgehead atoms. The summed E-state index contributed by atoms with van der Waals surface area (Å²) in [5, 5.41) is 2.83. The fourth-order valence-electron chi connectivity index (χ4n) is 1.72. The van der Waals surface area contributed by atoms with Crippen LogP contribution in [-0.4, -0.2) is 50.7 Å². The van der Waals surface area contributed by atoms with Crippen LogP contribution in [0.2, 0.25) is 0 Å². The van der Waals surface area contributed by atoms with Crippen molar-refractivity contribution in [2.45, 2.75) is 19.3 Å². The highest BCUT2D eigenvalue weighted by atomic mass is 16.5. The average molecular weight is 200 g/mol. The molecule has 0 aliphatic carbocycles. The second-order valence-electron chi connectivity index (χ2n) is 3.69. The van der Waals surface area contributed by atoms with Crippen LogP contribution in [0.25, 0.3) is 0 Å². The van der Waals surface area contributed by atoms with Crippen molar-refractivity contribution < 1.29 is 9.53 Å². The van der Waals surface area contributed by atoms with Crippen LogP contribution < -0.4 is 5.32 Å². The van der Waals surface area contributed by atoms with Crippen LogP contribution in [0.1, 0.15) is 19.3 Å². The molecular formula is C10H20N2O2. The molecule has 0 spiro atoms. The number of amides is 1. The molecule has 0 aromatic carbocycles. The maximum atomic E-state index is 11.0. The standard InChI is InChI=1S/C10H20N2O2/c1-14-9-10(13)11-5-8-12-6-3-2-4-7-12/h2-9H2,1H3,(H,11,13). The lowest BCUT2D eigenvalue weighted by molar-refractivity contribution is -0.124. The van der Waals surface area contributed by atoms with E-state index in [9.17, 15) is 4.79 Å². The van der Waals surface area contributed by atoms with Crippen LogP contribution in [0.5, 0.6) is 0 Å². The number of nitrogens with one attached hydrogen (secondary N) is 1. The zero-order chi connectivity index (χ0) is 10.2. The number of methoxy groups -OCH3 is 1. The van der Waals surface area contributed by atoms with Crippen LogP contribution in [0.4, 0.5) is 0 Å². The zero-order valence-corrected chi connectivity index (χ0v) is 8.92. The van der Waals surface area contributed by atoms with Crippen molar-refractivity contribution in [3.05, 3.63) is 0 Å². The Bertz CT molecular complexity index is 168. The molecule has 0 saturated carbocycles. The third-order valence-electron chi connectivity index (χ3n) is 2.47. The molecule has 0 atom stereocenters. The number of ether oxygens (including phenoxy) is 1. The predicted octanol–water partition coefficient (Wildman–Crippen LogP) is 0.235. The summed E-state index contributed by atoms with van der Waals surface area (Å²) in [6, 6.07) is 0. The van der Waals surface area contributed by atoms with Gasteiger partial charge in [0.05, 0.1) is 0 Å². The van der Waals surface area contributed by atoms with E-state index in [0.29, 0.717) is 0 Å². The van der Waals surface area contributed by atoms with E-state index in [1.54, 1.807) is 0 Å². The normalized spacial score (nSPS) is 18.1. The number of hydrogen-bond acceptors (Lipinski definition) is 3. The molecule has 0 radical (unpaired) electrons. The summed E-state index contributed by atoms with van der Waals surface area (Å²) in [6.07, 6.45) is 3.95. The minimum absolute atomic E-state index is 0.0236. The first-order valence-corrected chi connectivity index (χ1v) is 5.31. The Labute approximate surface area is 85.6 Å². The molecule has 1 amide bonds. The van der Waals surface area contributed by atoms with Gasteiger partial charge in [-0.1, -0.05) is 6.42 Å². The molecule has 1 fully saturated rings. The van der Waals surface area contributed by atoms with E-state index in [2.05, 4.69) is 10.2 Å². The van der Waals surface area contributed by atoms with Crippen LogP contribution in [0.15, 0.2) is 0 Å². The smallest absolute Gasteiger partial charge is 0.246 e. The van der Waals surface area contributed by atoms with E-state index >= 15 is 0 Å². The lowest BCUT2D eigenvalue weighted by Crippen LogP contribution is -2.38. The first kappa shape index (κ1) is 11.5. The molecule has 1 saturated heterocycles. The highest BCUT2D eigenvalue weighted by Crippen LogP contribution is 2.07. The Morgan fingerprint density at radius 1 is 1.36 bits per heavy atom. The van der Waals surface area contributed by atoms with E-state index in [4.69, 9.17) is 4.74 Å². The van der Waals surface area contributed by atoms with Crippen molar-refractivity contribution in [2.75, 3.05) is 39.9 Å². The minimum Gasteiger partial charge on any atom is -0.375 e. The van der Waals surface area contributed by atoms with E-state index in [0.717, 1.165) is 13.1 Å². The van der Waals surface area contributed by atoms with Gasteiger partial charge < -0.3 is 15.0 Å². The van der Waals surface area contributed by atoms with Crippen molar-refractivity contribution in [2.24, 2.45) is 0 Å². The molecule has 0 aromatic rings. The number of nitrogens with zero attached hydrogens (tertiary/aromatic N) is 1. The summed E-state index contributed by atoms with van der Waals surface area (Å²) >= 11 is 0. The topological polar surface area (TPSA) is 41.6 Å². The second kappa shape index (κ2) is 6.79. The first-order chi connectivity index (χ1) is 6.83. The fraction of sp³-hybridized carbons (Fsp3) is 0.900. The molecule has 82 valence electrons. The molecule has 14 heavy (non-hydrogen) atoms. The van der Waals surface area contributed by atoms with E-state index < -0.39 is 0 Å². The molecule has 4 nitrogen and oxygen atoms in total. The van der Waals surface area contributed by atoms with Gasteiger partial charge in [0, 0.05) is 20.2 Å². The maximum Gasteiger partial charge on any atom is 0.246 e. The van der Waals surface area contributed by atoms with Gasteiger partial charge in [-0.3, -0.25) is 4.79 Å². The van der Waals surface area contributed by atoms with Gasteiger partial charge in [0.1, 0.15) is 6.61 Å². The molecule has 1 N–H and O–H groups in total. The second-order valence-corrected chi connectivity index (χ2v) is 3.69. The van der Waals surface area contributed by atoms with Gasteiger partial charge in [-0.15, -0.1) is 0 Å². The van der Waals surface area contributed by atoms with E-state index in [1.807, 2.05) is 0 Å². The lowest BCUT2D eigenvalue weighted by Gasteiger charge is -2.26. The minimum atomic E-state index is -0.0236. The molecule has 1 aliphatic heterocycles. The first-order valence-electron chi connectivity index (χ1n) is 5.31. The number of likely N-dealkylation sites (tertiary alicyclic amines) is 1. The van der Waals surface area contributed by atoms with Gasteiger partial charge in [0.25, 0.3) is 0 Å². The van der Waals surface area contributed by atoms with Gasteiger partial charge in [-0.05, 0) is 25.9 Å². The number of carbonyl (C=O) groups is 1. The van der Waals surface area contributed by atoms with E-state index in [-0.39, 0.29) is 12.5 Å². The Hall–Kier alpha value is -0.610. The van der Waals surface area contributed by atoms with Crippen LogP contribution in [-0.2, 0) is 9.53 Å². The lowest BCUT2D eigenvalue weighted by atomic mass is 10.1. The van der Waals surface area contributed by atoms with Gasteiger partial charge in [0.15, 0.2) is 0 Å². The average Bonchev–Trinajstić information content (AvgIpc) is 2.20. The van der Waals surface area contributed by atoms with Gasteiger partial charge in [-0.2, -0.15) is 0 Å². The molecule has 1 heterocycles. The Balaban J connectivity index is 1.99. The third-order valence-corrected chi connectivity index (χ3v) is 2.47. The van der Waals surface area contributed by atoms with Crippen molar-refractivity contribution in [3.63, 3.8) is 0 Å². The highest BCUT2D eigenvalue weighted by Gasteiger charge is 2.09. The fourth-order valence-corrected chi connectivity index (χ4v) is 1.72. The quantitative estimate of drug-likeness (QED) is 0.691. The summed E-state index contributed by atoms with van der Waals surface area (Å²) in [7, 11) is 1.53. The molecule has 4 heteroatoms. The Morgan fingerprint density at radius 3 is 2.71 bits per heavy atom.